The Kier molecular flexibility index (Phi) is 7.78. The fraction of sp³-hybridized carbons (Fsp3) is 0.714. The highest BCUT2D eigenvalue weighted by Gasteiger charge is 2.26. The molecule has 0 spiro atoms. The van der Waals surface area contributed by atoms with Crippen LogP contribution in [0, 0.1) is 5.92 Å². The molecular weight excluding hydrogens is 276 g/mol. The summed E-state index contributed by atoms with van der Waals surface area (Å²) in [6.07, 6.45) is 4.50. The molecule has 0 aromatic heterocycles. The van der Waals surface area contributed by atoms with Gasteiger partial charge in [0, 0.05) is 33.9 Å². The van der Waals surface area contributed by atoms with E-state index in [1.807, 2.05) is 0 Å². The van der Waals surface area contributed by atoms with E-state index in [2.05, 4.69) is 5.32 Å². The number of ether oxygens (including phenoxy) is 2. The fourth-order valence-electron chi connectivity index (χ4n) is 2.16. The molecule has 0 aliphatic heterocycles. The summed E-state index contributed by atoms with van der Waals surface area (Å²) in [5, 5.41) is 11.8. The van der Waals surface area contributed by atoms with Crippen LogP contribution in [0.1, 0.15) is 12.8 Å². The number of nitrogens with one attached hydrogen (secondary N) is 1. The van der Waals surface area contributed by atoms with Crippen molar-refractivity contribution in [3.8, 4) is 0 Å². The van der Waals surface area contributed by atoms with Gasteiger partial charge in [0.25, 0.3) is 0 Å². The summed E-state index contributed by atoms with van der Waals surface area (Å²) >= 11 is 0. The number of urea groups is 1. The number of carbonyl (C=O) groups is 2. The largest absolute Gasteiger partial charge is 0.481 e. The molecular formula is C14H24N2O5. The molecule has 1 aliphatic rings. The average Bonchev–Trinajstić information content (AvgIpc) is 2.91. The van der Waals surface area contributed by atoms with Crippen LogP contribution in [0.4, 0.5) is 4.79 Å². The molecule has 21 heavy (non-hydrogen) atoms. The molecule has 0 bridgehead atoms. The van der Waals surface area contributed by atoms with E-state index in [-0.39, 0.29) is 12.1 Å². The normalized spacial score (nSPS) is 20.5. The molecule has 2 atom stereocenters. The molecule has 2 N–H and O–H groups in total. The minimum Gasteiger partial charge on any atom is -0.481 e. The van der Waals surface area contributed by atoms with Crippen LogP contribution in [0.15, 0.2) is 12.2 Å². The second-order valence-electron chi connectivity index (χ2n) is 4.95. The zero-order valence-electron chi connectivity index (χ0n) is 12.6. The van der Waals surface area contributed by atoms with Crippen molar-refractivity contribution in [1.82, 2.24) is 10.2 Å². The van der Waals surface area contributed by atoms with Crippen LogP contribution in [0.5, 0.6) is 0 Å². The molecule has 7 nitrogen and oxygen atoms in total. The van der Waals surface area contributed by atoms with E-state index in [4.69, 9.17) is 14.6 Å². The quantitative estimate of drug-likeness (QED) is 0.483. The number of carboxylic acid groups (broad SMARTS) is 1. The number of hydrogen-bond acceptors (Lipinski definition) is 4. The summed E-state index contributed by atoms with van der Waals surface area (Å²) in [7, 11) is 3.21. The molecule has 0 saturated heterocycles. The lowest BCUT2D eigenvalue weighted by Gasteiger charge is -2.24. The van der Waals surface area contributed by atoms with E-state index < -0.39 is 11.9 Å². The van der Waals surface area contributed by atoms with E-state index in [1.165, 1.54) is 0 Å². The molecule has 0 radical (unpaired) electrons. The van der Waals surface area contributed by atoms with Gasteiger partial charge in [0.15, 0.2) is 0 Å². The first-order valence-electron chi connectivity index (χ1n) is 7.03. The molecule has 7 heteroatoms. The van der Waals surface area contributed by atoms with E-state index in [0.717, 1.165) is 6.42 Å². The van der Waals surface area contributed by atoms with Gasteiger partial charge in [-0.15, -0.1) is 0 Å². The van der Waals surface area contributed by atoms with Crippen molar-refractivity contribution in [2.45, 2.75) is 18.9 Å². The second-order valence-corrected chi connectivity index (χ2v) is 4.95. The van der Waals surface area contributed by atoms with Crippen molar-refractivity contribution >= 4 is 12.0 Å². The molecule has 2 unspecified atom stereocenters. The maximum absolute atomic E-state index is 12.2. The van der Waals surface area contributed by atoms with Crippen LogP contribution < -0.4 is 5.32 Å². The molecule has 0 saturated carbocycles. The monoisotopic (exact) mass is 300 g/mol. The third-order valence-electron chi connectivity index (χ3n) is 3.34. The van der Waals surface area contributed by atoms with Gasteiger partial charge >= 0.3 is 12.0 Å². The molecule has 1 rings (SSSR count). The van der Waals surface area contributed by atoms with E-state index >= 15 is 0 Å². The lowest BCUT2D eigenvalue weighted by Crippen LogP contribution is -2.45. The van der Waals surface area contributed by atoms with E-state index in [1.54, 1.807) is 31.3 Å². The zero-order valence-corrected chi connectivity index (χ0v) is 12.6. The SMILES string of the molecule is COCCCN(CCOC)C(=O)NC1C=CC(C(=O)O)C1. The Balaban J connectivity index is 2.44. The van der Waals surface area contributed by atoms with Crippen molar-refractivity contribution in [1.29, 1.82) is 0 Å². The van der Waals surface area contributed by atoms with E-state index in [9.17, 15) is 9.59 Å². The van der Waals surface area contributed by atoms with Gasteiger partial charge in [-0.2, -0.15) is 0 Å². The average molecular weight is 300 g/mol. The van der Waals surface area contributed by atoms with Gasteiger partial charge in [-0.3, -0.25) is 4.79 Å². The Morgan fingerprint density at radius 3 is 2.52 bits per heavy atom. The van der Waals surface area contributed by atoms with Gasteiger partial charge in [-0.05, 0) is 12.8 Å². The number of aliphatic carboxylic acids is 1. The smallest absolute Gasteiger partial charge is 0.317 e. The van der Waals surface area contributed by atoms with Crippen LogP contribution in [0.3, 0.4) is 0 Å². The van der Waals surface area contributed by atoms with Crippen LogP contribution >= 0.6 is 0 Å². The molecule has 2 amide bonds. The molecule has 1 aliphatic carbocycles. The predicted octanol–water partition coefficient (Wildman–Crippen LogP) is 0.710. The van der Waals surface area contributed by atoms with Crippen LogP contribution in [-0.2, 0) is 14.3 Å². The topological polar surface area (TPSA) is 88.1 Å². The van der Waals surface area contributed by atoms with E-state index in [0.29, 0.717) is 32.7 Å². The lowest BCUT2D eigenvalue weighted by molar-refractivity contribution is -0.140. The molecule has 0 fully saturated rings. The van der Waals surface area contributed by atoms with Crippen molar-refractivity contribution in [2.75, 3.05) is 40.5 Å². The zero-order chi connectivity index (χ0) is 15.7. The van der Waals surface area contributed by atoms with Gasteiger partial charge in [0.2, 0.25) is 0 Å². The maximum atomic E-state index is 12.2. The standard InChI is InChI=1S/C14H24N2O5/c1-20-8-3-6-16(7-9-21-2)14(19)15-12-5-4-11(10-12)13(17)18/h4-5,11-12H,3,6-10H2,1-2H3,(H,15,19)(H,17,18). The number of amides is 2. The Labute approximate surface area is 124 Å². The van der Waals surface area contributed by atoms with Crippen LogP contribution in [-0.4, -0.2) is 68.6 Å². The summed E-state index contributed by atoms with van der Waals surface area (Å²) < 4.78 is 9.99. The third-order valence-corrected chi connectivity index (χ3v) is 3.34. The molecule has 120 valence electrons. The highest BCUT2D eigenvalue weighted by atomic mass is 16.5. The second kappa shape index (κ2) is 9.36. The summed E-state index contributed by atoms with van der Waals surface area (Å²) in [6, 6.07) is -0.435. The number of rotatable bonds is 9. The number of hydrogen-bond donors (Lipinski definition) is 2. The first-order valence-corrected chi connectivity index (χ1v) is 7.03. The summed E-state index contributed by atoms with van der Waals surface area (Å²) in [6.45, 7) is 2.10. The highest BCUT2D eigenvalue weighted by molar-refractivity contribution is 5.76. The Morgan fingerprint density at radius 1 is 1.24 bits per heavy atom. The summed E-state index contributed by atoms with van der Waals surface area (Å²) in [5.41, 5.74) is 0. The predicted molar refractivity (Wildman–Crippen MR) is 77.1 cm³/mol. The fourth-order valence-corrected chi connectivity index (χ4v) is 2.16. The first-order chi connectivity index (χ1) is 10.1. The van der Waals surface area contributed by atoms with Crippen molar-refractivity contribution < 1.29 is 24.2 Å². The molecule has 0 aromatic rings. The van der Waals surface area contributed by atoms with Crippen LogP contribution in [0.2, 0.25) is 0 Å². The number of carbonyl (C=O) groups excluding carboxylic acids is 1. The van der Waals surface area contributed by atoms with Gasteiger partial charge < -0.3 is 24.8 Å². The minimum atomic E-state index is -0.862. The number of carboxylic acids is 1. The van der Waals surface area contributed by atoms with Crippen molar-refractivity contribution in [3.05, 3.63) is 12.2 Å². The van der Waals surface area contributed by atoms with Crippen molar-refractivity contribution in [3.63, 3.8) is 0 Å². The summed E-state index contributed by atoms with van der Waals surface area (Å²) in [4.78, 5) is 24.7. The van der Waals surface area contributed by atoms with Gasteiger partial charge in [-0.25, -0.2) is 4.79 Å². The highest BCUT2D eigenvalue weighted by Crippen LogP contribution is 2.18. The lowest BCUT2D eigenvalue weighted by atomic mass is 10.1. The summed E-state index contributed by atoms with van der Waals surface area (Å²) in [5.74, 6) is -1.38. The maximum Gasteiger partial charge on any atom is 0.317 e. The van der Waals surface area contributed by atoms with Gasteiger partial charge in [-0.1, -0.05) is 12.2 Å². The Morgan fingerprint density at radius 2 is 1.95 bits per heavy atom. The molecule has 0 aromatic carbocycles. The van der Waals surface area contributed by atoms with Crippen molar-refractivity contribution in [2.24, 2.45) is 5.92 Å². The van der Waals surface area contributed by atoms with Gasteiger partial charge in [0.1, 0.15) is 0 Å². The Hall–Kier alpha value is -1.60. The third kappa shape index (κ3) is 6.14. The first kappa shape index (κ1) is 17.5. The number of nitrogens with zero attached hydrogens (tertiary/aromatic N) is 1. The van der Waals surface area contributed by atoms with Crippen LogP contribution in [0.25, 0.3) is 0 Å². The molecule has 0 heterocycles. The Bertz CT molecular complexity index is 372. The van der Waals surface area contributed by atoms with Gasteiger partial charge in [0.05, 0.1) is 18.6 Å². The number of methoxy groups -OCH3 is 2. The minimum absolute atomic E-state index is 0.205.